The lowest BCUT2D eigenvalue weighted by Gasteiger charge is -2.26. The SMILES string of the molecule is CCCNC(CCCS(=O)(=O)CC)C(CC)CC. The molecule has 0 saturated heterocycles. The second-order valence-corrected chi connectivity index (χ2v) is 7.49. The van der Waals surface area contributed by atoms with Gasteiger partial charge in [-0.2, -0.15) is 0 Å². The second-order valence-electron chi connectivity index (χ2n) is 5.02. The van der Waals surface area contributed by atoms with E-state index in [-0.39, 0.29) is 5.75 Å². The van der Waals surface area contributed by atoms with Gasteiger partial charge in [0.15, 0.2) is 0 Å². The van der Waals surface area contributed by atoms with E-state index in [1.807, 2.05) is 0 Å². The number of rotatable bonds is 11. The molecule has 0 aliphatic heterocycles. The monoisotopic (exact) mass is 277 g/mol. The quantitative estimate of drug-likeness (QED) is 0.631. The van der Waals surface area contributed by atoms with Crippen LogP contribution in [0.25, 0.3) is 0 Å². The first kappa shape index (κ1) is 17.9. The topological polar surface area (TPSA) is 46.2 Å². The van der Waals surface area contributed by atoms with E-state index in [0.29, 0.717) is 17.7 Å². The van der Waals surface area contributed by atoms with Crippen LogP contribution in [0.1, 0.15) is 59.8 Å². The van der Waals surface area contributed by atoms with Crippen LogP contribution in [0.4, 0.5) is 0 Å². The van der Waals surface area contributed by atoms with E-state index in [2.05, 4.69) is 26.1 Å². The maximum Gasteiger partial charge on any atom is 0.150 e. The van der Waals surface area contributed by atoms with Crippen LogP contribution in [0.3, 0.4) is 0 Å². The highest BCUT2D eigenvalue weighted by Crippen LogP contribution is 2.18. The molecule has 0 aliphatic rings. The first-order valence-electron chi connectivity index (χ1n) is 7.44. The lowest BCUT2D eigenvalue weighted by molar-refractivity contribution is 0.316. The predicted molar refractivity (Wildman–Crippen MR) is 79.7 cm³/mol. The van der Waals surface area contributed by atoms with Crippen molar-refractivity contribution in [3.63, 3.8) is 0 Å². The van der Waals surface area contributed by atoms with E-state index in [1.54, 1.807) is 6.92 Å². The molecule has 1 atom stereocenters. The zero-order valence-electron chi connectivity index (χ0n) is 12.5. The molecule has 0 radical (unpaired) electrons. The number of sulfone groups is 1. The lowest BCUT2D eigenvalue weighted by atomic mass is 9.91. The van der Waals surface area contributed by atoms with Crippen molar-refractivity contribution in [2.75, 3.05) is 18.1 Å². The Bertz CT molecular complexity index is 284. The van der Waals surface area contributed by atoms with Gasteiger partial charge in [-0.15, -0.1) is 0 Å². The molecule has 3 nitrogen and oxygen atoms in total. The molecule has 0 aromatic rings. The Morgan fingerprint density at radius 3 is 2.11 bits per heavy atom. The average Bonchev–Trinajstić information content (AvgIpc) is 2.36. The highest BCUT2D eigenvalue weighted by atomic mass is 32.2. The molecule has 110 valence electrons. The fourth-order valence-electron chi connectivity index (χ4n) is 2.36. The smallest absolute Gasteiger partial charge is 0.150 e. The summed E-state index contributed by atoms with van der Waals surface area (Å²) in [6, 6.07) is 0.479. The third-order valence-corrected chi connectivity index (χ3v) is 5.47. The van der Waals surface area contributed by atoms with Crippen LogP contribution in [-0.2, 0) is 9.84 Å². The Labute approximate surface area is 114 Å². The van der Waals surface area contributed by atoms with Crippen molar-refractivity contribution in [1.29, 1.82) is 0 Å². The highest BCUT2D eigenvalue weighted by Gasteiger charge is 2.18. The predicted octanol–water partition coefficient (Wildman–Crippen LogP) is 3.01. The van der Waals surface area contributed by atoms with E-state index in [1.165, 1.54) is 12.8 Å². The summed E-state index contributed by atoms with van der Waals surface area (Å²) >= 11 is 0. The van der Waals surface area contributed by atoms with Gasteiger partial charge in [0, 0.05) is 11.8 Å². The fraction of sp³-hybridized carbons (Fsp3) is 1.00. The second kappa shape index (κ2) is 9.79. The minimum Gasteiger partial charge on any atom is -0.314 e. The minimum absolute atomic E-state index is 0.269. The van der Waals surface area contributed by atoms with Crippen LogP contribution in [-0.4, -0.2) is 32.5 Å². The number of hydrogen-bond acceptors (Lipinski definition) is 3. The van der Waals surface area contributed by atoms with Crippen molar-refractivity contribution < 1.29 is 8.42 Å². The number of nitrogens with one attached hydrogen (secondary N) is 1. The summed E-state index contributed by atoms with van der Waals surface area (Å²) in [6.07, 6.45) is 5.22. The summed E-state index contributed by atoms with van der Waals surface area (Å²) in [7, 11) is -2.80. The summed E-state index contributed by atoms with van der Waals surface area (Å²) in [4.78, 5) is 0. The third-order valence-electron chi connectivity index (χ3n) is 3.68. The van der Waals surface area contributed by atoms with Crippen LogP contribution in [0.15, 0.2) is 0 Å². The Morgan fingerprint density at radius 2 is 1.67 bits per heavy atom. The van der Waals surface area contributed by atoms with Crippen LogP contribution in [0.5, 0.6) is 0 Å². The maximum atomic E-state index is 11.5. The molecule has 4 heteroatoms. The van der Waals surface area contributed by atoms with E-state index in [9.17, 15) is 8.42 Å². The zero-order valence-corrected chi connectivity index (χ0v) is 13.4. The van der Waals surface area contributed by atoms with Gasteiger partial charge >= 0.3 is 0 Å². The van der Waals surface area contributed by atoms with Crippen molar-refractivity contribution >= 4 is 9.84 Å². The van der Waals surface area contributed by atoms with E-state index in [0.717, 1.165) is 25.8 Å². The standard InChI is InChI=1S/C14H31NO2S/c1-5-11-15-14(13(6-2)7-3)10-9-12-18(16,17)8-4/h13-15H,5-12H2,1-4H3. The molecule has 0 saturated carbocycles. The summed E-state index contributed by atoms with van der Waals surface area (Å²) in [6.45, 7) is 9.36. The zero-order chi connectivity index (χ0) is 14.0. The van der Waals surface area contributed by atoms with E-state index < -0.39 is 9.84 Å². The lowest BCUT2D eigenvalue weighted by Crippen LogP contribution is -2.36. The Hall–Kier alpha value is -0.0900. The van der Waals surface area contributed by atoms with E-state index in [4.69, 9.17) is 0 Å². The molecule has 0 aliphatic carbocycles. The molecular formula is C14H31NO2S. The van der Waals surface area contributed by atoms with Gasteiger partial charge in [-0.1, -0.05) is 40.5 Å². The highest BCUT2D eigenvalue weighted by molar-refractivity contribution is 7.91. The van der Waals surface area contributed by atoms with Gasteiger partial charge in [-0.3, -0.25) is 0 Å². The van der Waals surface area contributed by atoms with Crippen LogP contribution in [0, 0.1) is 5.92 Å². The van der Waals surface area contributed by atoms with Gasteiger partial charge in [0.1, 0.15) is 9.84 Å². The molecule has 0 aromatic carbocycles. The van der Waals surface area contributed by atoms with Gasteiger partial charge in [-0.05, 0) is 31.7 Å². The van der Waals surface area contributed by atoms with Crippen LogP contribution >= 0.6 is 0 Å². The first-order chi connectivity index (χ1) is 8.50. The minimum atomic E-state index is -2.80. The average molecular weight is 277 g/mol. The molecule has 1 N–H and O–H groups in total. The van der Waals surface area contributed by atoms with Crippen molar-refractivity contribution in [3.8, 4) is 0 Å². The van der Waals surface area contributed by atoms with Gasteiger partial charge < -0.3 is 5.32 Å². The molecule has 0 amide bonds. The van der Waals surface area contributed by atoms with Crippen LogP contribution in [0.2, 0.25) is 0 Å². The summed E-state index contributed by atoms with van der Waals surface area (Å²) in [5.41, 5.74) is 0. The normalized spacial score (nSPS) is 14.1. The van der Waals surface area contributed by atoms with Crippen molar-refractivity contribution in [3.05, 3.63) is 0 Å². The molecule has 1 unspecified atom stereocenters. The summed E-state index contributed by atoms with van der Waals surface area (Å²) in [5.74, 6) is 1.28. The van der Waals surface area contributed by atoms with Gasteiger partial charge in [-0.25, -0.2) is 8.42 Å². The van der Waals surface area contributed by atoms with Gasteiger partial charge in [0.2, 0.25) is 0 Å². The fourth-order valence-corrected chi connectivity index (χ4v) is 3.25. The molecule has 0 spiro atoms. The molecule has 0 rings (SSSR count). The largest absolute Gasteiger partial charge is 0.314 e. The summed E-state index contributed by atoms with van der Waals surface area (Å²) in [5, 5.41) is 3.58. The molecule has 0 fully saturated rings. The van der Waals surface area contributed by atoms with Crippen molar-refractivity contribution in [2.24, 2.45) is 5.92 Å². The summed E-state index contributed by atoms with van der Waals surface area (Å²) < 4.78 is 23.0. The molecule has 0 bridgehead atoms. The third kappa shape index (κ3) is 7.37. The van der Waals surface area contributed by atoms with Gasteiger partial charge in [0.05, 0.1) is 5.75 Å². The maximum absolute atomic E-state index is 11.5. The molecule has 0 heterocycles. The van der Waals surface area contributed by atoms with Gasteiger partial charge in [0.25, 0.3) is 0 Å². The first-order valence-corrected chi connectivity index (χ1v) is 9.26. The molecular weight excluding hydrogens is 246 g/mol. The van der Waals surface area contributed by atoms with Crippen molar-refractivity contribution in [2.45, 2.75) is 65.8 Å². The van der Waals surface area contributed by atoms with E-state index >= 15 is 0 Å². The Balaban J connectivity index is 4.23. The van der Waals surface area contributed by atoms with Crippen molar-refractivity contribution in [1.82, 2.24) is 5.32 Å². The molecule has 18 heavy (non-hydrogen) atoms. The van der Waals surface area contributed by atoms with Crippen LogP contribution < -0.4 is 5.32 Å². The number of hydrogen-bond donors (Lipinski definition) is 1. The molecule has 0 aromatic heterocycles. The Morgan fingerprint density at radius 1 is 1.06 bits per heavy atom. The Kier molecular flexibility index (Phi) is 9.74.